The summed E-state index contributed by atoms with van der Waals surface area (Å²) in [6.07, 6.45) is 4.63. The molecule has 8 nitrogen and oxygen atoms in total. The average molecular weight is 506 g/mol. The second-order valence-corrected chi connectivity index (χ2v) is 10.4. The number of fused-ring (bicyclic) bond motifs is 1. The molecule has 3 N–H and O–H groups in total. The van der Waals surface area contributed by atoms with Crippen LogP contribution in [-0.2, 0) is 19.1 Å². The van der Waals surface area contributed by atoms with Crippen molar-refractivity contribution in [3.8, 4) is 0 Å². The first-order valence-electron chi connectivity index (χ1n) is 12.8. The van der Waals surface area contributed by atoms with Gasteiger partial charge in [-0.1, -0.05) is 25.4 Å². The van der Waals surface area contributed by atoms with E-state index in [1.54, 1.807) is 29.2 Å². The van der Waals surface area contributed by atoms with Gasteiger partial charge in [0.2, 0.25) is 17.7 Å². The molecule has 0 saturated carbocycles. The fourth-order valence-corrected chi connectivity index (χ4v) is 6.46. The van der Waals surface area contributed by atoms with Gasteiger partial charge in [0.1, 0.15) is 11.6 Å². The number of aliphatic hydroxyl groups excluding tert-OH is 1. The molecule has 3 fully saturated rings. The zero-order chi connectivity index (χ0) is 25.2. The molecule has 3 aliphatic rings. The molecule has 5 atom stereocenters. The summed E-state index contributed by atoms with van der Waals surface area (Å²) >= 11 is 6.00. The number of carbonyl (C=O) groups excluding carboxylic acids is 3. The van der Waals surface area contributed by atoms with Crippen LogP contribution in [0.2, 0.25) is 5.02 Å². The van der Waals surface area contributed by atoms with Crippen LogP contribution >= 0.6 is 11.6 Å². The van der Waals surface area contributed by atoms with Gasteiger partial charge in [0.05, 0.1) is 17.4 Å². The average Bonchev–Trinajstić information content (AvgIpc) is 3.45. The molecule has 0 radical (unpaired) electrons. The molecule has 4 rings (SSSR count). The Bertz CT molecular complexity index is 957. The maximum Gasteiger partial charge on any atom is 0.250 e. The minimum atomic E-state index is -1.03. The number of anilines is 1. The molecule has 3 aliphatic heterocycles. The van der Waals surface area contributed by atoms with Gasteiger partial charge in [-0.3, -0.25) is 14.4 Å². The van der Waals surface area contributed by atoms with Crippen LogP contribution < -0.4 is 10.6 Å². The predicted molar refractivity (Wildman–Crippen MR) is 133 cm³/mol. The highest BCUT2D eigenvalue weighted by Crippen LogP contribution is 2.64. The normalized spacial score (nSPS) is 31.0. The third kappa shape index (κ3) is 4.45. The summed E-state index contributed by atoms with van der Waals surface area (Å²) in [6.45, 7) is 4.97. The van der Waals surface area contributed by atoms with Crippen LogP contribution in [0.5, 0.6) is 0 Å². The van der Waals surface area contributed by atoms with E-state index in [4.69, 9.17) is 21.4 Å². The van der Waals surface area contributed by atoms with Crippen LogP contribution in [0.1, 0.15) is 58.8 Å². The summed E-state index contributed by atoms with van der Waals surface area (Å²) in [5.74, 6) is -1.96. The smallest absolute Gasteiger partial charge is 0.250 e. The fraction of sp³-hybridized carbons (Fsp3) is 0.654. The number of ether oxygens (including phenoxy) is 1. The number of hydrogen-bond acceptors (Lipinski definition) is 5. The number of unbranched alkanes of at least 4 members (excludes halogenated alkanes) is 2. The van der Waals surface area contributed by atoms with E-state index in [2.05, 4.69) is 10.6 Å². The standard InChI is InChI=1S/C26H36ClN3O5/c1-3-14-28-22(32)19-20-24(34)30(15-6-5-7-16-31)21(26(20)13-12-25(19,4-2)35-26)23(33)29-18-10-8-17(27)9-11-18/h8-11,19-21,31H,3-7,12-16H2,1-2H3,(H,28,32)(H,29,33)/t19-,20-,21?,25+,26?/m0/s1. The predicted octanol–water partition coefficient (Wildman–Crippen LogP) is 3.12. The molecular weight excluding hydrogens is 470 g/mol. The third-order valence-electron chi connectivity index (χ3n) is 7.93. The number of benzene rings is 1. The van der Waals surface area contributed by atoms with Gasteiger partial charge in [-0.15, -0.1) is 0 Å². The van der Waals surface area contributed by atoms with Crippen molar-refractivity contribution in [3.05, 3.63) is 29.3 Å². The van der Waals surface area contributed by atoms with Crippen molar-refractivity contribution in [2.75, 3.05) is 25.0 Å². The first-order valence-corrected chi connectivity index (χ1v) is 13.2. The highest BCUT2D eigenvalue weighted by Gasteiger charge is 2.78. The van der Waals surface area contributed by atoms with E-state index in [-0.39, 0.29) is 24.3 Å². The molecule has 2 bridgehead atoms. The van der Waals surface area contributed by atoms with Crippen LogP contribution in [0.25, 0.3) is 0 Å². The van der Waals surface area contributed by atoms with Crippen LogP contribution in [-0.4, -0.2) is 64.7 Å². The first-order chi connectivity index (χ1) is 16.8. The Balaban J connectivity index is 1.68. The lowest BCUT2D eigenvalue weighted by Gasteiger charge is -2.34. The van der Waals surface area contributed by atoms with Crippen LogP contribution in [0.15, 0.2) is 24.3 Å². The Hall–Kier alpha value is -2.16. The van der Waals surface area contributed by atoms with E-state index >= 15 is 0 Å². The molecule has 0 aromatic heterocycles. The minimum absolute atomic E-state index is 0.0861. The van der Waals surface area contributed by atoms with Gasteiger partial charge in [0, 0.05) is 30.4 Å². The van der Waals surface area contributed by atoms with E-state index < -0.39 is 29.1 Å². The molecule has 2 unspecified atom stereocenters. The lowest BCUT2D eigenvalue weighted by molar-refractivity contribution is -0.146. The summed E-state index contributed by atoms with van der Waals surface area (Å²) < 4.78 is 6.71. The van der Waals surface area contributed by atoms with E-state index in [9.17, 15) is 14.4 Å². The van der Waals surface area contributed by atoms with Gasteiger partial charge in [-0.2, -0.15) is 0 Å². The second-order valence-electron chi connectivity index (χ2n) is 9.94. The summed E-state index contributed by atoms with van der Waals surface area (Å²) in [5, 5.41) is 15.6. The molecule has 1 aromatic carbocycles. The highest BCUT2D eigenvalue weighted by molar-refractivity contribution is 6.30. The number of rotatable bonds is 11. The van der Waals surface area contributed by atoms with Crippen molar-refractivity contribution in [3.63, 3.8) is 0 Å². The summed E-state index contributed by atoms with van der Waals surface area (Å²) in [7, 11) is 0. The van der Waals surface area contributed by atoms with Crippen molar-refractivity contribution < 1.29 is 24.2 Å². The van der Waals surface area contributed by atoms with Crippen molar-refractivity contribution in [2.24, 2.45) is 11.8 Å². The molecule has 9 heteroatoms. The Morgan fingerprint density at radius 1 is 1.14 bits per heavy atom. The van der Waals surface area contributed by atoms with Gasteiger partial charge in [0.15, 0.2) is 0 Å². The van der Waals surface area contributed by atoms with Gasteiger partial charge < -0.3 is 25.4 Å². The Morgan fingerprint density at radius 3 is 2.54 bits per heavy atom. The zero-order valence-electron chi connectivity index (χ0n) is 20.5. The molecule has 3 saturated heterocycles. The highest BCUT2D eigenvalue weighted by atomic mass is 35.5. The summed E-state index contributed by atoms with van der Waals surface area (Å²) in [4.78, 5) is 42.6. The maximum absolute atomic E-state index is 13.9. The van der Waals surface area contributed by atoms with Crippen molar-refractivity contribution in [2.45, 2.75) is 76.0 Å². The number of hydrogen-bond donors (Lipinski definition) is 3. The lowest BCUT2D eigenvalue weighted by atomic mass is 9.65. The van der Waals surface area contributed by atoms with Gasteiger partial charge in [0.25, 0.3) is 0 Å². The van der Waals surface area contributed by atoms with Gasteiger partial charge >= 0.3 is 0 Å². The molecule has 35 heavy (non-hydrogen) atoms. The number of aliphatic hydroxyl groups is 1. The third-order valence-corrected chi connectivity index (χ3v) is 8.18. The second kappa shape index (κ2) is 10.4. The van der Waals surface area contributed by atoms with Crippen molar-refractivity contribution in [1.29, 1.82) is 0 Å². The molecule has 3 heterocycles. The lowest BCUT2D eigenvalue weighted by Crippen LogP contribution is -2.53. The molecule has 0 aliphatic carbocycles. The number of carbonyl (C=O) groups is 3. The quantitative estimate of drug-likeness (QED) is 0.400. The van der Waals surface area contributed by atoms with E-state index in [1.807, 2.05) is 13.8 Å². The molecular formula is C26H36ClN3O5. The van der Waals surface area contributed by atoms with E-state index in [0.717, 1.165) is 12.8 Å². The largest absolute Gasteiger partial charge is 0.396 e. The number of likely N-dealkylation sites (tertiary alicyclic amines) is 1. The topological polar surface area (TPSA) is 108 Å². The minimum Gasteiger partial charge on any atom is -0.396 e. The molecule has 1 spiro atoms. The molecule has 1 aromatic rings. The monoisotopic (exact) mass is 505 g/mol. The Morgan fingerprint density at radius 2 is 1.89 bits per heavy atom. The molecule has 3 amide bonds. The number of amides is 3. The van der Waals surface area contributed by atoms with Gasteiger partial charge in [-0.05, 0) is 69.2 Å². The van der Waals surface area contributed by atoms with E-state index in [1.165, 1.54) is 0 Å². The zero-order valence-corrected chi connectivity index (χ0v) is 21.3. The van der Waals surface area contributed by atoms with Gasteiger partial charge in [-0.25, -0.2) is 0 Å². The van der Waals surface area contributed by atoms with Crippen molar-refractivity contribution in [1.82, 2.24) is 10.2 Å². The number of halogens is 1. The Kier molecular flexibility index (Phi) is 7.74. The van der Waals surface area contributed by atoms with E-state index in [0.29, 0.717) is 55.9 Å². The van der Waals surface area contributed by atoms with Crippen LogP contribution in [0, 0.1) is 11.8 Å². The summed E-state index contributed by atoms with van der Waals surface area (Å²) in [6, 6.07) is 6.01. The van der Waals surface area contributed by atoms with Crippen molar-refractivity contribution >= 4 is 35.0 Å². The summed E-state index contributed by atoms with van der Waals surface area (Å²) in [5.41, 5.74) is -1.18. The fourth-order valence-electron chi connectivity index (χ4n) is 6.33. The first kappa shape index (κ1) is 25.9. The number of nitrogens with zero attached hydrogens (tertiary/aromatic N) is 1. The van der Waals surface area contributed by atoms with Crippen LogP contribution in [0.4, 0.5) is 5.69 Å². The van der Waals surface area contributed by atoms with Crippen LogP contribution in [0.3, 0.4) is 0 Å². The maximum atomic E-state index is 13.9. The molecule has 192 valence electrons. The number of nitrogens with one attached hydrogen (secondary N) is 2. The Labute approximate surface area is 211 Å². The SMILES string of the molecule is CCCNC(=O)[C@@H]1[C@H]2C(=O)N(CCCCCO)C(C(=O)Nc3ccc(Cl)cc3)C23CC[C@@]1(CC)O3.